The maximum Gasteiger partial charge on any atom is 0.325 e. The Morgan fingerprint density at radius 1 is 1.14 bits per heavy atom. The van der Waals surface area contributed by atoms with Crippen molar-refractivity contribution >= 4 is 29.4 Å². The lowest BCUT2D eigenvalue weighted by molar-refractivity contribution is -0.135. The molecule has 150 valence electrons. The first-order valence-corrected chi connectivity index (χ1v) is 9.61. The second kappa shape index (κ2) is 8.00. The fourth-order valence-corrected chi connectivity index (χ4v) is 4.01. The Bertz CT molecular complexity index is 786. The number of carbonyl (C=O) groups is 4. The number of amides is 5. The lowest BCUT2D eigenvalue weighted by Gasteiger charge is -2.34. The van der Waals surface area contributed by atoms with Crippen molar-refractivity contribution in [1.29, 1.82) is 0 Å². The van der Waals surface area contributed by atoms with Crippen LogP contribution in [-0.2, 0) is 9.59 Å². The Labute approximate surface area is 164 Å². The van der Waals surface area contributed by atoms with Gasteiger partial charge in [0.15, 0.2) is 0 Å². The second-order valence-electron chi connectivity index (χ2n) is 7.56. The Hall–Kier alpha value is -2.90. The Morgan fingerprint density at radius 3 is 2.39 bits per heavy atom. The van der Waals surface area contributed by atoms with Crippen molar-refractivity contribution in [2.24, 2.45) is 5.92 Å². The van der Waals surface area contributed by atoms with Gasteiger partial charge in [-0.3, -0.25) is 19.3 Å². The molecule has 1 aliphatic carbocycles. The van der Waals surface area contributed by atoms with Gasteiger partial charge < -0.3 is 16.0 Å². The molecule has 8 heteroatoms. The van der Waals surface area contributed by atoms with Gasteiger partial charge in [-0.25, -0.2) is 4.79 Å². The number of nitrogens with zero attached hydrogens (tertiary/aromatic N) is 1. The van der Waals surface area contributed by atoms with Gasteiger partial charge in [0.2, 0.25) is 5.91 Å². The third-order valence-electron chi connectivity index (χ3n) is 5.68. The van der Waals surface area contributed by atoms with Gasteiger partial charge in [0.25, 0.3) is 11.8 Å². The molecule has 1 aromatic carbocycles. The highest BCUT2D eigenvalue weighted by Gasteiger charge is 2.52. The Kier molecular flexibility index (Phi) is 5.67. The predicted octanol–water partition coefficient (Wildman–Crippen LogP) is 1.88. The van der Waals surface area contributed by atoms with Crippen molar-refractivity contribution in [3.8, 4) is 0 Å². The highest BCUT2D eigenvalue weighted by Crippen LogP contribution is 2.36. The topological polar surface area (TPSA) is 108 Å². The quantitative estimate of drug-likeness (QED) is 0.672. The molecule has 3 rings (SSSR count). The van der Waals surface area contributed by atoms with Crippen LogP contribution in [0.25, 0.3) is 0 Å². The number of imide groups is 1. The van der Waals surface area contributed by atoms with E-state index in [1.807, 2.05) is 0 Å². The predicted molar refractivity (Wildman–Crippen MR) is 104 cm³/mol. The van der Waals surface area contributed by atoms with Crippen LogP contribution in [0.4, 0.5) is 10.5 Å². The zero-order valence-corrected chi connectivity index (χ0v) is 16.2. The van der Waals surface area contributed by atoms with Crippen molar-refractivity contribution < 1.29 is 19.2 Å². The standard InChI is InChI=1S/C20H26N4O4/c1-20(14-6-4-3-5-7-14)18(27)24(19(28)23-20)12-16(25)22-15-10-8-13(9-11-15)17(26)21-2/h8-11,14H,3-7,12H2,1-2H3,(H,21,26)(H,22,25)(H,23,28)/t20-/m0/s1. The third-order valence-corrected chi connectivity index (χ3v) is 5.68. The number of nitrogens with one attached hydrogen (secondary N) is 3. The number of urea groups is 1. The number of anilines is 1. The number of hydrogen-bond acceptors (Lipinski definition) is 4. The van der Waals surface area contributed by atoms with E-state index < -0.39 is 17.5 Å². The van der Waals surface area contributed by atoms with Gasteiger partial charge in [0, 0.05) is 18.3 Å². The number of carbonyl (C=O) groups excluding carboxylic acids is 4. The van der Waals surface area contributed by atoms with E-state index in [-0.39, 0.29) is 24.3 Å². The average molecular weight is 386 g/mol. The van der Waals surface area contributed by atoms with E-state index in [1.54, 1.807) is 31.2 Å². The molecule has 8 nitrogen and oxygen atoms in total. The van der Waals surface area contributed by atoms with Gasteiger partial charge in [0.1, 0.15) is 12.1 Å². The van der Waals surface area contributed by atoms with E-state index in [0.29, 0.717) is 11.3 Å². The molecule has 1 aromatic rings. The molecule has 1 heterocycles. The monoisotopic (exact) mass is 386 g/mol. The zero-order chi connectivity index (χ0) is 20.3. The molecule has 1 atom stereocenters. The molecule has 2 fully saturated rings. The first-order valence-electron chi connectivity index (χ1n) is 9.61. The second-order valence-corrected chi connectivity index (χ2v) is 7.56. The average Bonchev–Trinajstić information content (AvgIpc) is 2.92. The van der Waals surface area contributed by atoms with Crippen molar-refractivity contribution in [3.05, 3.63) is 29.8 Å². The van der Waals surface area contributed by atoms with Gasteiger partial charge in [-0.1, -0.05) is 19.3 Å². The molecule has 3 N–H and O–H groups in total. The summed E-state index contributed by atoms with van der Waals surface area (Å²) in [5, 5.41) is 7.98. The number of hydrogen-bond donors (Lipinski definition) is 3. The Balaban J connectivity index is 1.62. The lowest BCUT2D eigenvalue weighted by atomic mass is 9.75. The summed E-state index contributed by atoms with van der Waals surface area (Å²) in [7, 11) is 1.54. The molecule has 0 unspecified atom stereocenters. The van der Waals surface area contributed by atoms with Crippen molar-refractivity contribution in [2.75, 3.05) is 18.9 Å². The number of benzene rings is 1. The van der Waals surface area contributed by atoms with E-state index in [2.05, 4.69) is 16.0 Å². The first-order chi connectivity index (χ1) is 13.3. The summed E-state index contributed by atoms with van der Waals surface area (Å²) in [5.41, 5.74) is 0.0186. The van der Waals surface area contributed by atoms with Gasteiger partial charge in [-0.05, 0) is 49.9 Å². The van der Waals surface area contributed by atoms with E-state index in [9.17, 15) is 19.2 Å². The highest BCUT2D eigenvalue weighted by molar-refractivity contribution is 6.10. The summed E-state index contributed by atoms with van der Waals surface area (Å²) in [4.78, 5) is 50.1. The molecule has 0 aromatic heterocycles. The minimum Gasteiger partial charge on any atom is -0.355 e. The largest absolute Gasteiger partial charge is 0.355 e. The van der Waals surface area contributed by atoms with Crippen LogP contribution in [-0.4, -0.2) is 47.8 Å². The van der Waals surface area contributed by atoms with Crippen molar-refractivity contribution in [3.63, 3.8) is 0 Å². The van der Waals surface area contributed by atoms with Crippen LogP contribution in [0.3, 0.4) is 0 Å². The summed E-state index contributed by atoms with van der Waals surface area (Å²) >= 11 is 0. The molecule has 0 spiro atoms. The van der Waals surface area contributed by atoms with Gasteiger partial charge >= 0.3 is 6.03 Å². The first kappa shape index (κ1) is 19.9. The van der Waals surface area contributed by atoms with Crippen LogP contribution in [0.1, 0.15) is 49.4 Å². The van der Waals surface area contributed by atoms with E-state index in [4.69, 9.17) is 0 Å². The van der Waals surface area contributed by atoms with E-state index in [0.717, 1.165) is 37.0 Å². The minimum atomic E-state index is -0.938. The SMILES string of the molecule is CNC(=O)c1ccc(NC(=O)CN2C(=O)N[C@@](C)(C3CCCCC3)C2=O)cc1. The van der Waals surface area contributed by atoms with E-state index in [1.165, 1.54) is 7.05 Å². The van der Waals surface area contributed by atoms with Crippen molar-refractivity contribution in [2.45, 2.75) is 44.6 Å². The molecule has 0 bridgehead atoms. The molecular formula is C20H26N4O4. The fraction of sp³-hybridized carbons (Fsp3) is 0.500. The summed E-state index contributed by atoms with van der Waals surface area (Å²) in [6.45, 7) is 1.42. The normalized spacial score (nSPS) is 22.7. The molecule has 0 radical (unpaired) electrons. The maximum atomic E-state index is 12.9. The molecule has 2 aliphatic rings. The van der Waals surface area contributed by atoms with Gasteiger partial charge in [0.05, 0.1) is 0 Å². The zero-order valence-electron chi connectivity index (χ0n) is 16.2. The van der Waals surface area contributed by atoms with Crippen LogP contribution < -0.4 is 16.0 Å². The fourth-order valence-electron chi connectivity index (χ4n) is 4.01. The molecule has 5 amide bonds. The summed E-state index contributed by atoms with van der Waals surface area (Å²) < 4.78 is 0. The van der Waals surface area contributed by atoms with Crippen molar-refractivity contribution in [1.82, 2.24) is 15.5 Å². The van der Waals surface area contributed by atoms with Gasteiger partial charge in [-0.15, -0.1) is 0 Å². The summed E-state index contributed by atoms with van der Waals surface area (Å²) in [5.74, 6) is -0.930. The molecule has 28 heavy (non-hydrogen) atoms. The van der Waals surface area contributed by atoms with Crippen LogP contribution >= 0.6 is 0 Å². The molecular weight excluding hydrogens is 360 g/mol. The third kappa shape index (κ3) is 3.85. The molecule has 1 aliphatic heterocycles. The highest BCUT2D eigenvalue weighted by atomic mass is 16.2. The lowest BCUT2D eigenvalue weighted by Crippen LogP contribution is -2.51. The number of rotatable bonds is 5. The molecule has 1 saturated carbocycles. The summed E-state index contributed by atoms with van der Waals surface area (Å²) in [6, 6.07) is 5.84. The van der Waals surface area contributed by atoms with Crippen LogP contribution in [0.5, 0.6) is 0 Å². The van der Waals surface area contributed by atoms with E-state index >= 15 is 0 Å². The van der Waals surface area contributed by atoms with Crippen LogP contribution in [0.2, 0.25) is 0 Å². The Morgan fingerprint density at radius 2 is 1.79 bits per heavy atom. The van der Waals surface area contributed by atoms with Gasteiger partial charge in [-0.2, -0.15) is 0 Å². The van der Waals surface area contributed by atoms with Crippen LogP contribution in [0.15, 0.2) is 24.3 Å². The van der Waals surface area contributed by atoms with Crippen LogP contribution in [0, 0.1) is 5.92 Å². The summed E-state index contributed by atoms with van der Waals surface area (Å²) in [6.07, 6.45) is 5.06. The minimum absolute atomic E-state index is 0.100. The maximum absolute atomic E-state index is 12.9. The smallest absolute Gasteiger partial charge is 0.325 e. The molecule has 1 saturated heterocycles.